The minimum atomic E-state index is -0.0393. The number of methoxy groups -OCH3 is 1. The molecule has 2 heterocycles. The van der Waals surface area contributed by atoms with Gasteiger partial charge < -0.3 is 14.8 Å². The molecule has 1 amide bonds. The molecular formula is C15H21NO3S. The molecule has 1 fully saturated rings. The van der Waals surface area contributed by atoms with Crippen molar-refractivity contribution in [3.8, 4) is 0 Å². The number of aryl methyl sites for hydroxylation is 1. The average Bonchev–Trinajstić information content (AvgIpc) is 2.92. The lowest BCUT2D eigenvalue weighted by atomic mass is 9.93. The summed E-state index contributed by atoms with van der Waals surface area (Å²) in [5.41, 5.74) is 2.64. The van der Waals surface area contributed by atoms with Gasteiger partial charge in [-0.3, -0.25) is 4.79 Å². The van der Waals surface area contributed by atoms with Crippen molar-refractivity contribution in [3.63, 3.8) is 0 Å². The number of thiophene rings is 1. The highest BCUT2D eigenvalue weighted by atomic mass is 32.1. The molecule has 1 aliphatic carbocycles. The van der Waals surface area contributed by atoms with Crippen LogP contribution in [0.15, 0.2) is 5.38 Å². The number of ether oxygens (including phenoxy) is 2. The van der Waals surface area contributed by atoms with Gasteiger partial charge >= 0.3 is 0 Å². The molecule has 1 aromatic rings. The summed E-state index contributed by atoms with van der Waals surface area (Å²) >= 11 is 1.58. The van der Waals surface area contributed by atoms with E-state index in [1.807, 2.05) is 0 Å². The highest BCUT2D eigenvalue weighted by molar-refractivity contribution is 7.12. The van der Waals surface area contributed by atoms with Crippen LogP contribution in [-0.2, 0) is 22.3 Å². The van der Waals surface area contributed by atoms with Crippen LogP contribution in [0.4, 0.5) is 0 Å². The molecular weight excluding hydrogens is 274 g/mol. The minimum Gasteiger partial charge on any atom is -0.379 e. The van der Waals surface area contributed by atoms with Gasteiger partial charge in [-0.15, -0.1) is 11.3 Å². The Hall–Kier alpha value is -0.910. The Kier molecular flexibility index (Phi) is 4.38. The fraction of sp³-hybridized carbons (Fsp3) is 0.667. The fourth-order valence-electron chi connectivity index (χ4n) is 3.08. The van der Waals surface area contributed by atoms with E-state index in [4.69, 9.17) is 9.47 Å². The van der Waals surface area contributed by atoms with Crippen molar-refractivity contribution in [2.24, 2.45) is 0 Å². The highest BCUT2D eigenvalue weighted by Gasteiger charge is 2.29. The Labute approximate surface area is 123 Å². The number of hydrogen-bond acceptors (Lipinski definition) is 4. The van der Waals surface area contributed by atoms with E-state index in [1.54, 1.807) is 18.4 Å². The van der Waals surface area contributed by atoms with E-state index in [9.17, 15) is 4.79 Å². The van der Waals surface area contributed by atoms with Gasteiger partial charge in [-0.25, -0.2) is 0 Å². The van der Waals surface area contributed by atoms with Crippen LogP contribution >= 0.6 is 11.3 Å². The molecule has 1 saturated heterocycles. The van der Waals surface area contributed by atoms with Gasteiger partial charge in [0, 0.05) is 13.7 Å². The first-order valence-corrected chi connectivity index (χ1v) is 8.18. The highest BCUT2D eigenvalue weighted by Crippen LogP contribution is 2.30. The molecule has 0 saturated carbocycles. The van der Waals surface area contributed by atoms with Gasteiger partial charge in [0.1, 0.15) is 0 Å². The second-order valence-electron chi connectivity index (χ2n) is 5.49. The maximum absolute atomic E-state index is 12.5. The van der Waals surface area contributed by atoms with Gasteiger partial charge in [0.2, 0.25) is 0 Å². The van der Waals surface area contributed by atoms with Crippen molar-refractivity contribution < 1.29 is 14.3 Å². The maximum Gasteiger partial charge on any atom is 0.262 e. The van der Waals surface area contributed by atoms with Crippen molar-refractivity contribution in [2.75, 3.05) is 20.3 Å². The van der Waals surface area contributed by atoms with Gasteiger partial charge in [-0.1, -0.05) is 0 Å². The number of carbonyl (C=O) groups is 1. The van der Waals surface area contributed by atoms with E-state index in [1.165, 1.54) is 24.0 Å². The molecule has 4 nitrogen and oxygen atoms in total. The van der Waals surface area contributed by atoms with Crippen LogP contribution in [0.2, 0.25) is 0 Å². The zero-order valence-corrected chi connectivity index (χ0v) is 12.6. The van der Waals surface area contributed by atoms with Gasteiger partial charge in [0.25, 0.3) is 5.91 Å². The number of fused-ring (bicyclic) bond motifs is 1. The van der Waals surface area contributed by atoms with Crippen LogP contribution in [0.3, 0.4) is 0 Å². The first-order chi connectivity index (χ1) is 9.79. The van der Waals surface area contributed by atoms with E-state index < -0.39 is 0 Å². The summed E-state index contributed by atoms with van der Waals surface area (Å²) in [5, 5.41) is 5.24. The zero-order valence-electron chi connectivity index (χ0n) is 11.8. The van der Waals surface area contributed by atoms with Crippen LogP contribution in [0.1, 0.15) is 40.1 Å². The summed E-state index contributed by atoms with van der Waals surface area (Å²) < 4.78 is 10.9. The second-order valence-corrected chi connectivity index (χ2v) is 6.37. The molecule has 1 N–H and O–H groups in total. The lowest BCUT2D eigenvalue weighted by molar-refractivity contribution is -0.0349. The quantitative estimate of drug-likeness (QED) is 0.929. The van der Waals surface area contributed by atoms with E-state index in [0.717, 1.165) is 24.1 Å². The Bertz CT molecular complexity index is 485. The summed E-state index contributed by atoms with van der Waals surface area (Å²) in [6.07, 6.45) is 5.49. The largest absolute Gasteiger partial charge is 0.379 e. The van der Waals surface area contributed by atoms with Gasteiger partial charge in [-0.2, -0.15) is 0 Å². The Morgan fingerprint density at radius 2 is 2.30 bits per heavy atom. The van der Waals surface area contributed by atoms with Gasteiger partial charge in [0.05, 0.1) is 23.6 Å². The summed E-state index contributed by atoms with van der Waals surface area (Å²) in [6.45, 7) is 1.25. The first-order valence-electron chi connectivity index (χ1n) is 7.30. The fourth-order valence-corrected chi connectivity index (χ4v) is 4.14. The van der Waals surface area contributed by atoms with Crippen LogP contribution < -0.4 is 5.32 Å². The number of amides is 1. The van der Waals surface area contributed by atoms with E-state index in [-0.39, 0.29) is 18.1 Å². The molecule has 2 atom stereocenters. The summed E-state index contributed by atoms with van der Waals surface area (Å²) in [6, 6.07) is -0.0393. The molecule has 0 spiro atoms. The molecule has 20 heavy (non-hydrogen) atoms. The van der Waals surface area contributed by atoms with Crippen molar-refractivity contribution in [1.29, 1.82) is 0 Å². The smallest absolute Gasteiger partial charge is 0.262 e. The Balaban J connectivity index is 1.71. The topological polar surface area (TPSA) is 47.6 Å². The summed E-state index contributed by atoms with van der Waals surface area (Å²) in [4.78, 5) is 13.4. The number of hydrogen-bond donors (Lipinski definition) is 1. The van der Waals surface area contributed by atoms with Gasteiger partial charge in [0.15, 0.2) is 0 Å². The van der Waals surface area contributed by atoms with Crippen LogP contribution in [0.25, 0.3) is 0 Å². The van der Waals surface area contributed by atoms with E-state index in [0.29, 0.717) is 13.2 Å². The van der Waals surface area contributed by atoms with Crippen molar-refractivity contribution >= 4 is 17.2 Å². The average molecular weight is 295 g/mol. The zero-order chi connectivity index (χ0) is 13.9. The predicted octanol–water partition coefficient (Wildman–Crippen LogP) is 2.16. The second kappa shape index (κ2) is 6.24. The third-order valence-electron chi connectivity index (χ3n) is 4.22. The van der Waals surface area contributed by atoms with E-state index >= 15 is 0 Å². The molecule has 110 valence electrons. The van der Waals surface area contributed by atoms with Crippen LogP contribution in [-0.4, -0.2) is 38.4 Å². The molecule has 0 unspecified atom stereocenters. The maximum atomic E-state index is 12.5. The van der Waals surface area contributed by atoms with Crippen LogP contribution in [0, 0.1) is 0 Å². The normalized spacial score (nSPS) is 26.1. The minimum absolute atomic E-state index is 0.0377. The van der Waals surface area contributed by atoms with Crippen molar-refractivity contribution in [2.45, 2.75) is 44.2 Å². The number of nitrogens with one attached hydrogen (secondary N) is 1. The third-order valence-corrected chi connectivity index (χ3v) is 5.29. The molecule has 5 heteroatoms. The van der Waals surface area contributed by atoms with Crippen LogP contribution in [0.5, 0.6) is 0 Å². The van der Waals surface area contributed by atoms with Gasteiger partial charge in [-0.05, 0) is 48.6 Å². The molecule has 0 bridgehead atoms. The Morgan fingerprint density at radius 3 is 3.15 bits per heavy atom. The van der Waals surface area contributed by atoms with E-state index in [2.05, 4.69) is 10.7 Å². The lowest BCUT2D eigenvalue weighted by Gasteiger charge is -2.31. The third kappa shape index (κ3) is 2.75. The Morgan fingerprint density at radius 1 is 1.45 bits per heavy atom. The molecule has 2 aliphatic rings. The predicted molar refractivity (Wildman–Crippen MR) is 78.4 cm³/mol. The molecule has 0 aromatic carbocycles. The molecule has 1 aliphatic heterocycles. The standard InChI is InChI=1S/C15H21NO3S/c1-18-13-6-7-19-8-12(13)16-15(17)14-11-5-3-2-4-10(11)9-20-14/h9,12-13H,2-8H2,1H3,(H,16,17)/t12-,13-/m1/s1. The lowest BCUT2D eigenvalue weighted by Crippen LogP contribution is -2.50. The molecule has 1 aromatic heterocycles. The van der Waals surface area contributed by atoms with Crippen molar-refractivity contribution in [1.82, 2.24) is 5.32 Å². The summed E-state index contributed by atoms with van der Waals surface area (Å²) in [5.74, 6) is 0.0377. The number of rotatable bonds is 3. The SMILES string of the molecule is CO[C@@H]1CCOC[C@H]1NC(=O)c1scc2c1CCCC2. The summed E-state index contributed by atoms with van der Waals surface area (Å²) in [7, 11) is 1.70. The van der Waals surface area contributed by atoms with Crippen molar-refractivity contribution in [3.05, 3.63) is 21.4 Å². The molecule has 0 radical (unpaired) electrons. The monoisotopic (exact) mass is 295 g/mol. The first kappa shape index (κ1) is 14.0. The number of carbonyl (C=O) groups excluding carboxylic acids is 1. The molecule has 3 rings (SSSR count).